The number of fused-ring (bicyclic) bond motifs is 9. The van der Waals surface area contributed by atoms with Crippen LogP contribution >= 0.6 is 11.8 Å². The molecule has 6 aromatic carbocycles. The van der Waals surface area contributed by atoms with Crippen molar-refractivity contribution < 1.29 is 0 Å². The van der Waals surface area contributed by atoms with E-state index in [4.69, 9.17) is 9.97 Å². The molecule has 3 aromatic heterocycles. The lowest BCUT2D eigenvalue weighted by Crippen LogP contribution is -2.24. The quantitative estimate of drug-likeness (QED) is 0.187. The minimum atomic E-state index is -0.225. The summed E-state index contributed by atoms with van der Waals surface area (Å²) in [6, 6.07) is 51.8. The highest BCUT2D eigenvalue weighted by Crippen LogP contribution is 2.55. The Hall–Kier alpha value is -6.04. The van der Waals surface area contributed by atoms with Gasteiger partial charge >= 0.3 is 0 Å². The predicted molar refractivity (Wildman–Crippen MR) is 211 cm³/mol. The molecule has 10 rings (SSSR count). The Balaban J connectivity index is 1.33. The molecule has 0 fully saturated rings. The first-order valence-electron chi connectivity index (χ1n) is 17.3. The van der Waals surface area contributed by atoms with E-state index in [9.17, 15) is 0 Å². The van der Waals surface area contributed by atoms with Crippen molar-refractivity contribution in [2.45, 2.75) is 29.1 Å². The van der Waals surface area contributed by atoms with Crippen LogP contribution in [0.1, 0.15) is 25.0 Å². The van der Waals surface area contributed by atoms with Crippen LogP contribution in [0.2, 0.25) is 0 Å². The van der Waals surface area contributed by atoms with E-state index in [2.05, 4.69) is 151 Å². The van der Waals surface area contributed by atoms with Crippen LogP contribution < -0.4 is 0 Å². The normalized spacial score (nSPS) is 13.4. The molecular weight excluding hydrogens is 641 g/mol. The zero-order valence-corrected chi connectivity index (χ0v) is 29.0. The summed E-state index contributed by atoms with van der Waals surface area (Å²) in [5.41, 5.74) is 10.8. The summed E-state index contributed by atoms with van der Waals surface area (Å²) in [6.07, 6.45) is 3.67. The molecule has 1 aliphatic heterocycles. The van der Waals surface area contributed by atoms with Crippen molar-refractivity contribution >= 4 is 44.3 Å². The van der Waals surface area contributed by atoms with Gasteiger partial charge in [0.05, 0.1) is 22.4 Å². The Bertz CT molecular complexity index is 2800. The summed E-state index contributed by atoms with van der Waals surface area (Å²) in [5, 5.41) is 4.97. The lowest BCUT2D eigenvalue weighted by Gasteiger charge is -2.36. The first-order chi connectivity index (χ1) is 25.1. The van der Waals surface area contributed by atoms with Crippen LogP contribution in [0, 0.1) is 0 Å². The summed E-state index contributed by atoms with van der Waals surface area (Å²) in [7, 11) is 0. The van der Waals surface area contributed by atoms with Gasteiger partial charge in [-0.05, 0) is 69.4 Å². The van der Waals surface area contributed by atoms with Gasteiger partial charge in [-0.1, -0.05) is 135 Å². The molecule has 4 nitrogen and oxygen atoms in total. The minimum absolute atomic E-state index is 0.225. The van der Waals surface area contributed by atoms with Crippen molar-refractivity contribution in [3.63, 3.8) is 0 Å². The van der Waals surface area contributed by atoms with Crippen molar-refractivity contribution in [1.82, 2.24) is 19.5 Å². The number of pyridine rings is 1. The maximum Gasteiger partial charge on any atom is 0.235 e. The molecule has 0 N–H and O–H groups in total. The highest BCUT2D eigenvalue weighted by Gasteiger charge is 2.37. The van der Waals surface area contributed by atoms with Crippen LogP contribution in [0.3, 0.4) is 0 Å². The summed E-state index contributed by atoms with van der Waals surface area (Å²) in [5.74, 6) is 0.654. The Kier molecular flexibility index (Phi) is 6.73. The van der Waals surface area contributed by atoms with Gasteiger partial charge in [0.1, 0.15) is 0 Å². The summed E-state index contributed by atoms with van der Waals surface area (Å²) >= 11 is 1.87. The third kappa shape index (κ3) is 4.65. The van der Waals surface area contributed by atoms with Crippen LogP contribution in [0.5, 0.6) is 0 Å². The van der Waals surface area contributed by atoms with Crippen LogP contribution in [0.15, 0.2) is 168 Å². The van der Waals surface area contributed by atoms with E-state index >= 15 is 0 Å². The first kappa shape index (κ1) is 29.8. The molecule has 0 spiro atoms. The summed E-state index contributed by atoms with van der Waals surface area (Å²) in [4.78, 5) is 17.6. The molecule has 0 bridgehead atoms. The molecule has 0 radical (unpaired) electrons. The maximum absolute atomic E-state index is 5.45. The summed E-state index contributed by atoms with van der Waals surface area (Å²) < 4.78 is 2.33. The van der Waals surface area contributed by atoms with E-state index in [1.54, 1.807) is 0 Å². The number of para-hydroxylation sites is 1. The van der Waals surface area contributed by atoms with Gasteiger partial charge in [0.2, 0.25) is 5.95 Å². The van der Waals surface area contributed by atoms with Crippen LogP contribution in [-0.2, 0) is 5.41 Å². The third-order valence-electron chi connectivity index (χ3n) is 10.3. The van der Waals surface area contributed by atoms with Gasteiger partial charge in [0.25, 0.3) is 0 Å². The molecule has 0 atom stereocenters. The van der Waals surface area contributed by atoms with Crippen molar-refractivity contribution in [3.8, 4) is 39.6 Å². The number of rotatable bonds is 4. The highest BCUT2D eigenvalue weighted by atomic mass is 32.2. The highest BCUT2D eigenvalue weighted by molar-refractivity contribution is 7.99. The van der Waals surface area contributed by atoms with Crippen molar-refractivity contribution in [2.24, 2.45) is 0 Å². The smallest absolute Gasteiger partial charge is 0.235 e. The topological polar surface area (TPSA) is 43.6 Å². The number of hydrogen-bond acceptors (Lipinski definition) is 4. The fourth-order valence-electron chi connectivity index (χ4n) is 7.97. The van der Waals surface area contributed by atoms with E-state index in [1.165, 1.54) is 42.5 Å². The Morgan fingerprint density at radius 2 is 1.20 bits per heavy atom. The second kappa shape index (κ2) is 11.5. The molecule has 5 heteroatoms. The standard InChI is InChI=1S/C46H32N4S/c1-46(2)36-20-9-11-22-40(36)51-44-42(46)34-18-7-6-17-33(34)41-35-19-8-10-21-39(35)50(43(41)44)45-48-37(30-13-4-3-5-14-30)28-38(49-45)32-16-12-15-31(27-32)29-23-25-47-26-24-29/h3-28H,1-2H3. The third-order valence-corrected chi connectivity index (χ3v) is 11.5. The zero-order chi connectivity index (χ0) is 34.1. The number of aromatic nitrogens is 4. The first-order valence-corrected chi connectivity index (χ1v) is 18.1. The maximum atomic E-state index is 5.45. The van der Waals surface area contributed by atoms with E-state index < -0.39 is 0 Å². The van der Waals surface area contributed by atoms with Crippen molar-refractivity contribution in [3.05, 3.63) is 169 Å². The van der Waals surface area contributed by atoms with Crippen LogP contribution in [0.25, 0.3) is 72.2 Å². The van der Waals surface area contributed by atoms with Gasteiger partial charge in [-0.25, -0.2) is 9.97 Å². The van der Waals surface area contributed by atoms with E-state index in [0.29, 0.717) is 5.95 Å². The molecule has 9 aromatic rings. The fraction of sp³-hybridized carbons (Fsp3) is 0.0652. The lowest BCUT2D eigenvalue weighted by atomic mass is 9.75. The molecule has 1 aliphatic rings. The molecular formula is C46H32N4S. The van der Waals surface area contributed by atoms with Gasteiger partial charge in [0, 0.05) is 49.5 Å². The molecule has 51 heavy (non-hydrogen) atoms. The summed E-state index contributed by atoms with van der Waals surface area (Å²) in [6.45, 7) is 4.74. The Morgan fingerprint density at radius 3 is 2.02 bits per heavy atom. The number of nitrogens with zero attached hydrogens (tertiary/aromatic N) is 4. The van der Waals surface area contributed by atoms with Gasteiger partial charge in [-0.3, -0.25) is 9.55 Å². The number of benzene rings is 6. The number of hydrogen-bond donors (Lipinski definition) is 0. The predicted octanol–water partition coefficient (Wildman–Crippen LogP) is 11.9. The minimum Gasteiger partial charge on any atom is -0.277 e. The second-order valence-electron chi connectivity index (χ2n) is 13.7. The Morgan fingerprint density at radius 1 is 0.549 bits per heavy atom. The average molecular weight is 673 g/mol. The largest absolute Gasteiger partial charge is 0.277 e. The van der Waals surface area contributed by atoms with Crippen LogP contribution in [0.4, 0.5) is 0 Å². The van der Waals surface area contributed by atoms with E-state index in [1.807, 2.05) is 42.4 Å². The van der Waals surface area contributed by atoms with Crippen LogP contribution in [-0.4, -0.2) is 19.5 Å². The molecule has 0 saturated heterocycles. The zero-order valence-electron chi connectivity index (χ0n) is 28.2. The van der Waals surface area contributed by atoms with Crippen molar-refractivity contribution in [2.75, 3.05) is 0 Å². The van der Waals surface area contributed by atoms with Gasteiger partial charge in [0.15, 0.2) is 0 Å². The van der Waals surface area contributed by atoms with E-state index in [0.717, 1.165) is 44.7 Å². The van der Waals surface area contributed by atoms with E-state index in [-0.39, 0.29) is 5.41 Å². The Labute approximate surface area is 300 Å². The molecule has 242 valence electrons. The molecule has 0 aliphatic carbocycles. The molecule has 0 saturated carbocycles. The monoisotopic (exact) mass is 672 g/mol. The molecule has 4 heterocycles. The van der Waals surface area contributed by atoms with Gasteiger partial charge in [-0.15, -0.1) is 0 Å². The second-order valence-corrected chi connectivity index (χ2v) is 14.7. The lowest BCUT2D eigenvalue weighted by molar-refractivity contribution is 0.615. The van der Waals surface area contributed by atoms with Gasteiger partial charge < -0.3 is 0 Å². The average Bonchev–Trinajstić information content (AvgIpc) is 3.54. The van der Waals surface area contributed by atoms with Gasteiger partial charge in [-0.2, -0.15) is 0 Å². The fourth-order valence-corrected chi connectivity index (χ4v) is 9.53. The molecule has 0 amide bonds. The molecule has 0 unspecified atom stereocenters. The van der Waals surface area contributed by atoms with Crippen molar-refractivity contribution in [1.29, 1.82) is 0 Å². The SMILES string of the molecule is CC1(C)c2ccccc2Sc2c1c1ccccc1c1c3ccccc3n(-c3nc(-c4ccccc4)cc(-c4cccc(-c5ccncc5)c4)n3)c21.